The number of ether oxygens (including phenoxy) is 1. The molecule has 3 aromatic rings. The lowest BCUT2D eigenvalue weighted by atomic mass is 10.1. The second kappa shape index (κ2) is 8.02. The van der Waals surface area contributed by atoms with E-state index in [1.54, 1.807) is 23.5 Å². The number of thiazole rings is 1. The molecule has 0 bridgehead atoms. The average molecular weight is 399 g/mol. The maximum absolute atomic E-state index is 12.5. The molecule has 2 heterocycles. The van der Waals surface area contributed by atoms with Gasteiger partial charge in [-0.2, -0.15) is 11.3 Å². The Hall–Kier alpha value is -2.51. The van der Waals surface area contributed by atoms with E-state index in [1.165, 1.54) is 11.3 Å². The second-order valence-electron chi connectivity index (χ2n) is 6.40. The molecule has 0 spiro atoms. The van der Waals surface area contributed by atoms with Crippen molar-refractivity contribution in [3.05, 3.63) is 63.8 Å². The molecule has 27 heavy (non-hydrogen) atoms. The van der Waals surface area contributed by atoms with Crippen molar-refractivity contribution in [1.82, 2.24) is 10.3 Å². The fraction of sp³-hybridized carbons (Fsp3) is 0.250. The summed E-state index contributed by atoms with van der Waals surface area (Å²) in [7, 11) is 0. The van der Waals surface area contributed by atoms with Gasteiger partial charge < -0.3 is 10.1 Å². The minimum absolute atomic E-state index is 0.0423. The summed E-state index contributed by atoms with van der Waals surface area (Å²) in [5.74, 6) is -0.730. The normalized spacial score (nSPS) is 14.5. The van der Waals surface area contributed by atoms with Gasteiger partial charge in [0.15, 0.2) is 0 Å². The Morgan fingerprint density at radius 1 is 1.19 bits per heavy atom. The van der Waals surface area contributed by atoms with Crippen LogP contribution in [-0.2, 0) is 20.7 Å². The maximum Gasteiger partial charge on any atom is 0.313 e. The van der Waals surface area contributed by atoms with Crippen LogP contribution < -0.4 is 5.32 Å². The predicted molar refractivity (Wildman–Crippen MR) is 106 cm³/mol. The van der Waals surface area contributed by atoms with E-state index < -0.39 is 12.1 Å². The van der Waals surface area contributed by atoms with Crippen LogP contribution in [0.5, 0.6) is 0 Å². The lowest BCUT2D eigenvalue weighted by Gasteiger charge is -2.17. The van der Waals surface area contributed by atoms with Crippen LogP contribution in [0.1, 0.15) is 30.2 Å². The molecule has 1 aromatic carbocycles. The van der Waals surface area contributed by atoms with Gasteiger partial charge >= 0.3 is 5.97 Å². The molecular weight excluding hydrogens is 380 g/mol. The molecule has 1 aliphatic rings. The molecule has 1 amide bonds. The molecule has 1 N–H and O–H groups in total. The highest BCUT2D eigenvalue weighted by Crippen LogP contribution is 2.27. The Kier molecular flexibility index (Phi) is 5.31. The predicted octanol–water partition coefficient (Wildman–Crippen LogP) is 3.98. The largest absolute Gasteiger partial charge is 0.447 e. The molecule has 7 heteroatoms. The van der Waals surface area contributed by atoms with E-state index in [2.05, 4.69) is 10.3 Å². The van der Waals surface area contributed by atoms with Gasteiger partial charge in [0.2, 0.25) is 6.10 Å². The third-order valence-corrected chi connectivity index (χ3v) is 5.78. The molecule has 1 atom stereocenters. The highest BCUT2D eigenvalue weighted by atomic mass is 32.1. The average Bonchev–Trinajstić information content (AvgIpc) is 3.13. The quantitative estimate of drug-likeness (QED) is 0.612. The first-order valence-electron chi connectivity index (χ1n) is 8.71. The molecule has 4 rings (SSSR count). The van der Waals surface area contributed by atoms with Gasteiger partial charge in [-0.05, 0) is 24.3 Å². The van der Waals surface area contributed by atoms with Gasteiger partial charge in [-0.3, -0.25) is 9.59 Å². The molecule has 5 nitrogen and oxygen atoms in total. The summed E-state index contributed by atoms with van der Waals surface area (Å²) in [6.07, 6.45) is 1.06. The van der Waals surface area contributed by atoms with Gasteiger partial charge in [-0.1, -0.05) is 30.3 Å². The number of aromatic nitrogens is 1. The van der Waals surface area contributed by atoms with Crippen LogP contribution in [0, 0.1) is 0 Å². The summed E-state index contributed by atoms with van der Waals surface area (Å²) in [4.78, 5) is 29.5. The Morgan fingerprint density at radius 3 is 2.70 bits per heavy atom. The number of esters is 1. The van der Waals surface area contributed by atoms with E-state index in [9.17, 15) is 9.59 Å². The molecule has 1 saturated carbocycles. The standard InChI is InChI=1S/C20H18N2O3S2/c23-17(10-16-12-27-20(22-16)14-8-9-26-11-14)25-18(13-4-2-1-3-5-13)19(24)21-15-6-7-15/h1-5,8-9,11-12,15,18H,6-7,10H2,(H,21,24)/t18-/m0/s1. The Balaban J connectivity index is 1.44. The van der Waals surface area contributed by atoms with Gasteiger partial charge in [0, 0.05) is 27.9 Å². The Morgan fingerprint density at radius 2 is 2.00 bits per heavy atom. The molecule has 0 aliphatic heterocycles. The summed E-state index contributed by atoms with van der Waals surface area (Å²) < 4.78 is 5.55. The summed E-state index contributed by atoms with van der Waals surface area (Å²) in [5.41, 5.74) is 2.37. The topological polar surface area (TPSA) is 68.3 Å². The van der Waals surface area contributed by atoms with Crippen LogP contribution >= 0.6 is 22.7 Å². The molecule has 0 radical (unpaired) electrons. The van der Waals surface area contributed by atoms with Crippen LogP contribution in [-0.4, -0.2) is 22.9 Å². The zero-order chi connectivity index (χ0) is 18.6. The van der Waals surface area contributed by atoms with E-state index in [0.29, 0.717) is 11.3 Å². The maximum atomic E-state index is 12.5. The smallest absolute Gasteiger partial charge is 0.313 e. The summed E-state index contributed by atoms with van der Waals surface area (Å²) in [6.45, 7) is 0. The second-order valence-corrected chi connectivity index (χ2v) is 8.03. The van der Waals surface area contributed by atoms with E-state index in [-0.39, 0.29) is 18.4 Å². The van der Waals surface area contributed by atoms with E-state index in [1.807, 2.05) is 40.4 Å². The lowest BCUT2D eigenvalue weighted by molar-refractivity contribution is -0.156. The number of thiophene rings is 1. The first-order chi connectivity index (χ1) is 13.2. The molecule has 0 unspecified atom stereocenters. The summed E-state index contributed by atoms with van der Waals surface area (Å²) >= 11 is 3.10. The lowest BCUT2D eigenvalue weighted by Crippen LogP contribution is -2.33. The van der Waals surface area contributed by atoms with E-state index in [4.69, 9.17) is 4.74 Å². The first-order valence-corrected chi connectivity index (χ1v) is 10.5. The number of amides is 1. The fourth-order valence-corrected chi connectivity index (χ4v) is 4.17. The third-order valence-electron chi connectivity index (χ3n) is 4.16. The van der Waals surface area contributed by atoms with E-state index in [0.717, 1.165) is 23.4 Å². The molecule has 1 aliphatic carbocycles. The molecule has 0 saturated heterocycles. The number of nitrogens with one attached hydrogen (secondary N) is 1. The van der Waals surface area contributed by atoms with Crippen molar-refractivity contribution >= 4 is 34.6 Å². The van der Waals surface area contributed by atoms with Crippen molar-refractivity contribution in [3.8, 4) is 10.6 Å². The van der Waals surface area contributed by atoms with Crippen molar-refractivity contribution in [2.75, 3.05) is 0 Å². The number of rotatable bonds is 7. The minimum Gasteiger partial charge on any atom is -0.447 e. The van der Waals surface area contributed by atoms with Crippen molar-refractivity contribution < 1.29 is 14.3 Å². The van der Waals surface area contributed by atoms with Crippen LogP contribution in [0.25, 0.3) is 10.6 Å². The number of nitrogens with zero attached hydrogens (tertiary/aromatic N) is 1. The summed E-state index contributed by atoms with van der Waals surface area (Å²) in [6, 6.07) is 11.3. The van der Waals surface area contributed by atoms with Crippen LogP contribution in [0.15, 0.2) is 52.5 Å². The zero-order valence-electron chi connectivity index (χ0n) is 14.5. The number of hydrogen-bond acceptors (Lipinski definition) is 6. The van der Waals surface area contributed by atoms with Gasteiger partial charge in [0.25, 0.3) is 5.91 Å². The molecular formula is C20H18N2O3S2. The Labute approximate surface area is 165 Å². The van der Waals surface area contributed by atoms with Crippen molar-refractivity contribution in [2.24, 2.45) is 0 Å². The van der Waals surface area contributed by atoms with Crippen LogP contribution in [0.3, 0.4) is 0 Å². The van der Waals surface area contributed by atoms with Crippen molar-refractivity contribution in [3.63, 3.8) is 0 Å². The number of benzene rings is 1. The molecule has 138 valence electrons. The summed E-state index contributed by atoms with van der Waals surface area (Å²) in [5, 5.41) is 9.67. The highest BCUT2D eigenvalue weighted by molar-refractivity contribution is 7.14. The monoisotopic (exact) mass is 398 g/mol. The number of carbonyl (C=O) groups excluding carboxylic acids is 2. The van der Waals surface area contributed by atoms with Gasteiger partial charge in [-0.15, -0.1) is 11.3 Å². The van der Waals surface area contributed by atoms with Crippen LogP contribution in [0.4, 0.5) is 0 Å². The number of hydrogen-bond donors (Lipinski definition) is 1. The van der Waals surface area contributed by atoms with Crippen molar-refractivity contribution in [1.29, 1.82) is 0 Å². The highest BCUT2D eigenvalue weighted by Gasteiger charge is 2.30. The zero-order valence-corrected chi connectivity index (χ0v) is 16.1. The molecule has 2 aromatic heterocycles. The third kappa shape index (κ3) is 4.61. The Bertz CT molecular complexity index is 918. The van der Waals surface area contributed by atoms with Crippen LogP contribution in [0.2, 0.25) is 0 Å². The SMILES string of the molecule is O=C(Cc1csc(-c2ccsc2)n1)O[C@H](C(=O)NC1CC1)c1ccccc1. The minimum atomic E-state index is -0.936. The van der Waals surface area contributed by atoms with Gasteiger partial charge in [0.05, 0.1) is 12.1 Å². The van der Waals surface area contributed by atoms with Gasteiger partial charge in [0.1, 0.15) is 5.01 Å². The molecule has 1 fully saturated rings. The first kappa shape index (κ1) is 17.9. The van der Waals surface area contributed by atoms with Gasteiger partial charge in [-0.25, -0.2) is 4.98 Å². The number of carbonyl (C=O) groups is 2. The fourth-order valence-electron chi connectivity index (χ4n) is 2.63. The van der Waals surface area contributed by atoms with E-state index >= 15 is 0 Å². The van der Waals surface area contributed by atoms with Crippen molar-refractivity contribution in [2.45, 2.75) is 31.4 Å².